The van der Waals surface area contributed by atoms with Gasteiger partial charge in [0.1, 0.15) is 10.8 Å². The predicted molar refractivity (Wildman–Crippen MR) is 74.3 cm³/mol. The van der Waals surface area contributed by atoms with Crippen LogP contribution in [0.5, 0.6) is 0 Å². The first kappa shape index (κ1) is 12.7. The first-order valence-corrected chi connectivity index (χ1v) is 6.26. The molecule has 0 atom stereocenters. The minimum Gasteiger partial charge on any atom is -0.293 e. The molecule has 1 aliphatic rings. The van der Waals surface area contributed by atoms with Crippen LogP contribution in [0.15, 0.2) is 41.8 Å². The number of nitrogens with zero attached hydrogens (tertiary/aromatic N) is 2. The molecule has 2 rings (SSSR count). The number of aryl methyl sites for hydroxylation is 1. The number of anilines is 1. The van der Waals surface area contributed by atoms with Crippen LogP contribution in [-0.4, -0.2) is 5.71 Å². The van der Waals surface area contributed by atoms with E-state index < -0.39 is 0 Å². The summed E-state index contributed by atoms with van der Waals surface area (Å²) in [5, 5.41) is 1.17. The third-order valence-corrected chi connectivity index (χ3v) is 3.01. The Labute approximate surface area is 102 Å². The molecule has 3 heteroatoms. The highest BCUT2D eigenvalue weighted by molar-refractivity contribution is 7.16. The first-order chi connectivity index (χ1) is 7.66. The van der Waals surface area contributed by atoms with Crippen molar-refractivity contribution >= 4 is 22.0 Å². The molecule has 1 aliphatic heterocycles. The van der Waals surface area contributed by atoms with Crippen LogP contribution in [0.1, 0.15) is 25.6 Å². The second kappa shape index (κ2) is 5.66. The summed E-state index contributed by atoms with van der Waals surface area (Å²) in [6.07, 6.45) is 4.00. The Bertz CT molecular complexity index is 427. The number of allylic oxidation sites excluding steroid dienone is 1. The van der Waals surface area contributed by atoms with Crippen LogP contribution in [-0.2, 0) is 0 Å². The van der Waals surface area contributed by atoms with Crippen molar-refractivity contribution in [3.8, 4) is 0 Å². The zero-order valence-corrected chi connectivity index (χ0v) is 11.1. The monoisotopic (exact) mass is 234 g/mol. The Hall–Kier alpha value is -1.35. The maximum Gasteiger partial charge on any atom is 0.130 e. The van der Waals surface area contributed by atoms with E-state index in [1.165, 1.54) is 9.88 Å². The fourth-order valence-electron chi connectivity index (χ4n) is 1.31. The molecule has 0 radical (unpaired) electrons. The minimum absolute atomic E-state index is 0.784. The SMILES string of the molecule is C=C1N=C(C)C=CN1c1ccc(C)s1.CC. The molecule has 0 spiro atoms. The van der Waals surface area contributed by atoms with Crippen molar-refractivity contribution in [2.75, 3.05) is 4.90 Å². The Kier molecular flexibility index (Phi) is 4.50. The molecule has 2 heterocycles. The van der Waals surface area contributed by atoms with Gasteiger partial charge in [0.2, 0.25) is 0 Å². The third-order valence-electron chi connectivity index (χ3n) is 2.01. The van der Waals surface area contributed by atoms with Crippen molar-refractivity contribution in [1.82, 2.24) is 0 Å². The topological polar surface area (TPSA) is 15.6 Å². The van der Waals surface area contributed by atoms with Crippen molar-refractivity contribution in [3.05, 3.63) is 41.7 Å². The lowest BCUT2D eigenvalue weighted by Gasteiger charge is -2.21. The molecular weight excluding hydrogens is 216 g/mol. The van der Waals surface area contributed by atoms with Crippen LogP contribution in [0.3, 0.4) is 0 Å². The Morgan fingerprint density at radius 2 is 1.94 bits per heavy atom. The van der Waals surface area contributed by atoms with Gasteiger partial charge >= 0.3 is 0 Å². The van der Waals surface area contributed by atoms with Gasteiger partial charge in [0.05, 0.1) is 0 Å². The molecule has 0 saturated heterocycles. The normalized spacial score (nSPS) is 14.4. The summed E-state index contributed by atoms with van der Waals surface area (Å²) in [5.41, 5.74) is 1.000. The van der Waals surface area contributed by atoms with E-state index in [-0.39, 0.29) is 0 Å². The molecule has 0 bridgehead atoms. The molecular formula is C13H18N2S. The highest BCUT2D eigenvalue weighted by Crippen LogP contribution is 2.29. The van der Waals surface area contributed by atoms with E-state index >= 15 is 0 Å². The van der Waals surface area contributed by atoms with Crippen LogP contribution >= 0.6 is 11.3 Å². The molecule has 0 N–H and O–H groups in total. The molecule has 0 unspecified atom stereocenters. The average molecular weight is 234 g/mol. The Morgan fingerprint density at radius 1 is 1.25 bits per heavy atom. The maximum absolute atomic E-state index is 4.32. The van der Waals surface area contributed by atoms with E-state index in [9.17, 15) is 0 Å². The number of hydrogen-bond acceptors (Lipinski definition) is 3. The summed E-state index contributed by atoms with van der Waals surface area (Å²) in [7, 11) is 0. The maximum atomic E-state index is 4.32. The van der Waals surface area contributed by atoms with Crippen LogP contribution in [0.25, 0.3) is 0 Å². The quantitative estimate of drug-likeness (QED) is 0.705. The molecule has 1 aromatic rings. The van der Waals surface area contributed by atoms with Gasteiger partial charge in [0.25, 0.3) is 0 Å². The van der Waals surface area contributed by atoms with E-state index in [1.807, 2.05) is 37.9 Å². The van der Waals surface area contributed by atoms with Crippen molar-refractivity contribution in [1.29, 1.82) is 0 Å². The molecule has 0 amide bonds. The lowest BCUT2D eigenvalue weighted by Crippen LogP contribution is -2.16. The number of rotatable bonds is 1. The van der Waals surface area contributed by atoms with E-state index in [0.29, 0.717) is 0 Å². The van der Waals surface area contributed by atoms with Gasteiger partial charge in [-0.2, -0.15) is 0 Å². The van der Waals surface area contributed by atoms with E-state index in [4.69, 9.17) is 0 Å². The summed E-state index contributed by atoms with van der Waals surface area (Å²) in [5.74, 6) is 0.784. The molecule has 1 aromatic heterocycles. The van der Waals surface area contributed by atoms with Crippen LogP contribution in [0, 0.1) is 6.92 Å². The smallest absolute Gasteiger partial charge is 0.130 e. The summed E-state index contributed by atoms with van der Waals surface area (Å²) in [6, 6.07) is 4.19. The largest absolute Gasteiger partial charge is 0.293 e. The molecule has 0 aromatic carbocycles. The predicted octanol–water partition coefficient (Wildman–Crippen LogP) is 4.35. The minimum atomic E-state index is 0.784. The van der Waals surface area contributed by atoms with Crippen LogP contribution in [0.2, 0.25) is 0 Å². The summed E-state index contributed by atoms with van der Waals surface area (Å²) in [6.45, 7) is 12.0. The lowest BCUT2D eigenvalue weighted by atomic mass is 10.3. The second-order valence-electron chi connectivity index (χ2n) is 3.24. The molecule has 0 aliphatic carbocycles. The van der Waals surface area contributed by atoms with E-state index in [0.717, 1.165) is 11.5 Å². The van der Waals surface area contributed by atoms with Gasteiger partial charge in [-0.3, -0.25) is 4.90 Å². The Balaban J connectivity index is 0.000000606. The van der Waals surface area contributed by atoms with E-state index in [2.05, 4.69) is 30.6 Å². The lowest BCUT2D eigenvalue weighted by molar-refractivity contribution is 1.12. The molecule has 86 valence electrons. The van der Waals surface area contributed by atoms with Gasteiger partial charge in [0, 0.05) is 16.8 Å². The molecule has 0 saturated carbocycles. The third kappa shape index (κ3) is 2.83. The second-order valence-corrected chi connectivity index (χ2v) is 4.51. The Morgan fingerprint density at radius 3 is 2.44 bits per heavy atom. The summed E-state index contributed by atoms with van der Waals surface area (Å²) in [4.78, 5) is 7.62. The highest BCUT2D eigenvalue weighted by atomic mass is 32.1. The van der Waals surface area contributed by atoms with Gasteiger partial charge in [-0.1, -0.05) is 20.4 Å². The number of thiophene rings is 1. The van der Waals surface area contributed by atoms with Gasteiger partial charge in [-0.25, -0.2) is 4.99 Å². The highest BCUT2D eigenvalue weighted by Gasteiger charge is 2.11. The number of hydrogen-bond donors (Lipinski definition) is 0. The van der Waals surface area contributed by atoms with Crippen LogP contribution in [0.4, 0.5) is 5.00 Å². The van der Waals surface area contributed by atoms with Crippen molar-refractivity contribution in [3.63, 3.8) is 0 Å². The van der Waals surface area contributed by atoms with Gasteiger partial charge in [-0.15, -0.1) is 11.3 Å². The first-order valence-electron chi connectivity index (χ1n) is 5.45. The standard InChI is InChI=1S/C11H12N2S.C2H6/c1-8-6-7-13(10(3)12-8)11-5-4-9(2)14-11;1-2/h4-7H,3H2,1-2H3;1-2H3. The molecule has 0 fully saturated rings. The molecule has 2 nitrogen and oxygen atoms in total. The molecule has 16 heavy (non-hydrogen) atoms. The zero-order valence-electron chi connectivity index (χ0n) is 10.3. The van der Waals surface area contributed by atoms with Gasteiger partial charge in [0.15, 0.2) is 0 Å². The van der Waals surface area contributed by atoms with E-state index in [1.54, 1.807) is 11.3 Å². The fourth-order valence-corrected chi connectivity index (χ4v) is 2.18. The van der Waals surface area contributed by atoms with Crippen LogP contribution < -0.4 is 4.90 Å². The van der Waals surface area contributed by atoms with Crippen molar-refractivity contribution in [2.45, 2.75) is 27.7 Å². The number of aliphatic imine (C=N–C) groups is 1. The van der Waals surface area contributed by atoms with Crippen molar-refractivity contribution < 1.29 is 0 Å². The summed E-state index contributed by atoms with van der Waals surface area (Å²) < 4.78 is 0. The average Bonchev–Trinajstić information content (AvgIpc) is 2.68. The van der Waals surface area contributed by atoms with Gasteiger partial charge in [-0.05, 0) is 32.1 Å². The summed E-state index contributed by atoms with van der Waals surface area (Å²) >= 11 is 1.74. The van der Waals surface area contributed by atoms with Gasteiger partial charge < -0.3 is 0 Å². The fraction of sp³-hybridized carbons (Fsp3) is 0.308. The zero-order chi connectivity index (χ0) is 12.1. The van der Waals surface area contributed by atoms with Crippen molar-refractivity contribution in [2.24, 2.45) is 4.99 Å².